The summed E-state index contributed by atoms with van der Waals surface area (Å²) < 4.78 is 0. The zero-order valence-electron chi connectivity index (χ0n) is 11.4. The Morgan fingerprint density at radius 3 is 2.35 bits per heavy atom. The molecular weight excluding hydrogens is 206 g/mol. The molecule has 0 radical (unpaired) electrons. The standard InChI is InChI=1S/C16H25N/c1-12-5-4-6-15(8-7-12)17-16-10-13(2)9-14(3)11-16/h9-12,15,17H,4-8H2,1-3H3. The fourth-order valence-electron chi connectivity index (χ4n) is 2.93. The van der Waals surface area contributed by atoms with Crippen molar-refractivity contribution >= 4 is 5.69 Å². The lowest BCUT2D eigenvalue weighted by Gasteiger charge is -2.18. The molecule has 94 valence electrons. The van der Waals surface area contributed by atoms with Crippen molar-refractivity contribution in [2.45, 2.75) is 58.9 Å². The molecule has 1 aromatic rings. The maximum Gasteiger partial charge on any atom is 0.0347 e. The Labute approximate surface area is 106 Å². The van der Waals surface area contributed by atoms with Crippen LogP contribution in [-0.4, -0.2) is 6.04 Å². The van der Waals surface area contributed by atoms with Gasteiger partial charge in [0.05, 0.1) is 0 Å². The molecule has 1 aromatic carbocycles. The predicted molar refractivity (Wildman–Crippen MR) is 75.6 cm³/mol. The second-order valence-corrected chi connectivity index (χ2v) is 5.83. The van der Waals surface area contributed by atoms with Crippen LogP contribution in [0.25, 0.3) is 0 Å². The molecule has 0 amide bonds. The van der Waals surface area contributed by atoms with E-state index in [1.165, 1.54) is 48.9 Å². The summed E-state index contributed by atoms with van der Waals surface area (Å²) in [6.07, 6.45) is 6.82. The topological polar surface area (TPSA) is 12.0 Å². The molecule has 0 saturated heterocycles. The van der Waals surface area contributed by atoms with E-state index in [2.05, 4.69) is 44.3 Å². The lowest BCUT2D eigenvalue weighted by atomic mass is 10.0. The van der Waals surface area contributed by atoms with Crippen LogP contribution in [0.4, 0.5) is 5.69 Å². The van der Waals surface area contributed by atoms with Crippen LogP contribution in [0.1, 0.15) is 50.2 Å². The third-order valence-corrected chi connectivity index (χ3v) is 3.85. The SMILES string of the molecule is Cc1cc(C)cc(NC2CCCC(C)CC2)c1. The largest absolute Gasteiger partial charge is 0.382 e. The van der Waals surface area contributed by atoms with Gasteiger partial charge in [-0.05, 0) is 62.3 Å². The van der Waals surface area contributed by atoms with Crippen LogP contribution < -0.4 is 5.32 Å². The van der Waals surface area contributed by atoms with Gasteiger partial charge in [-0.2, -0.15) is 0 Å². The van der Waals surface area contributed by atoms with Gasteiger partial charge in [-0.1, -0.05) is 25.8 Å². The molecule has 0 heterocycles. The van der Waals surface area contributed by atoms with Crippen molar-refractivity contribution in [2.24, 2.45) is 5.92 Å². The molecule has 2 atom stereocenters. The highest BCUT2D eigenvalue weighted by molar-refractivity contribution is 5.49. The fourth-order valence-corrected chi connectivity index (χ4v) is 2.93. The fraction of sp³-hybridized carbons (Fsp3) is 0.625. The number of hydrogen-bond donors (Lipinski definition) is 1. The van der Waals surface area contributed by atoms with E-state index >= 15 is 0 Å². The van der Waals surface area contributed by atoms with Crippen LogP contribution in [-0.2, 0) is 0 Å². The summed E-state index contributed by atoms with van der Waals surface area (Å²) in [7, 11) is 0. The average Bonchev–Trinajstić information content (AvgIpc) is 2.42. The highest BCUT2D eigenvalue weighted by Crippen LogP contribution is 2.25. The maximum atomic E-state index is 3.72. The smallest absolute Gasteiger partial charge is 0.0347 e. The van der Waals surface area contributed by atoms with Crippen LogP contribution in [0.3, 0.4) is 0 Å². The Morgan fingerprint density at radius 1 is 0.941 bits per heavy atom. The lowest BCUT2D eigenvalue weighted by molar-refractivity contribution is 0.502. The number of hydrogen-bond acceptors (Lipinski definition) is 1. The van der Waals surface area contributed by atoms with Gasteiger partial charge < -0.3 is 5.32 Å². The van der Waals surface area contributed by atoms with Gasteiger partial charge in [0.25, 0.3) is 0 Å². The van der Waals surface area contributed by atoms with Crippen molar-refractivity contribution in [3.63, 3.8) is 0 Å². The van der Waals surface area contributed by atoms with Crippen molar-refractivity contribution in [1.82, 2.24) is 0 Å². The second-order valence-electron chi connectivity index (χ2n) is 5.83. The minimum absolute atomic E-state index is 0.682. The van der Waals surface area contributed by atoms with Crippen LogP contribution in [0.5, 0.6) is 0 Å². The van der Waals surface area contributed by atoms with Crippen molar-refractivity contribution in [3.8, 4) is 0 Å². The Bertz CT molecular complexity index is 350. The Hall–Kier alpha value is -0.980. The highest BCUT2D eigenvalue weighted by Gasteiger charge is 2.15. The Kier molecular flexibility index (Phi) is 4.09. The first kappa shape index (κ1) is 12.5. The van der Waals surface area contributed by atoms with Crippen molar-refractivity contribution in [1.29, 1.82) is 0 Å². The summed E-state index contributed by atoms with van der Waals surface area (Å²) in [5, 5.41) is 3.72. The number of aryl methyl sites for hydroxylation is 2. The quantitative estimate of drug-likeness (QED) is 0.728. The zero-order valence-corrected chi connectivity index (χ0v) is 11.4. The molecule has 0 spiro atoms. The first-order valence-corrected chi connectivity index (χ1v) is 6.98. The number of anilines is 1. The summed E-state index contributed by atoms with van der Waals surface area (Å²) in [5.41, 5.74) is 4.02. The third kappa shape index (κ3) is 3.76. The second kappa shape index (κ2) is 5.57. The number of nitrogens with one attached hydrogen (secondary N) is 1. The van der Waals surface area contributed by atoms with Gasteiger partial charge in [0, 0.05) is 11.7 Å². The molecule has 0 aliphatic heterocycles. The van der Waals surface area contributed by atoms with Gasteiger partial charge in [0.1, 0.15) is 0 Å². The van der Waals surface area contributed by atoms with E-state index in [1.54, 1.807) is 0 Å². The van der Waals surface area contributed by atoms with Crippen LogP contribution >= 0.6 is 0 Å². The summed E-state index contributed by atoms with van der Waals surface area (Å²) in [6.45, 7) is 6.74. The third-order valence-electron chi connectivity index (χ3n) is 3.85. The Balaban J connectivity index is 1.99. The van der Waals surface area contributed by atoms with E-state index in [4.69, 9.17) is 0 Å². The average molecular weight is 231 g/mol. The normalized spacial score (nSPS) is 25.4. The van der Waals surface area contributed by atoms with E-state index in [-0.39, 0.29) is 0 Å². The lowest BCUT2D eigenvalue weighted by Crippen LogP contribution is -2.18. The van der Waals surface area contributed by atoms with Crippen LogP contribution in [0, 0.1) is 19.8 Å². The minimum Gasteiger partial charge on any atom is -0.382 e. The van der Waals surface area contributed by atoms with Gasteiger partial charge in [-0.25, -0.2) is 0 Å². The summed E-state index contributed by atoms with van der Waals surface area (Å²) in [4.78, 5) is 0. The minimum atomic E-state index is 0.682. The molecule has 2 unspecified atom stereocenters. The van der Waals surface area contributed by atoms with Crippen molar-refractivity contribution in [2.75, 3.05) is 5.32 Å². The zero-order chi connectivity index (χ0) is 12.3. The van der Waals surface area contributed by atoms with Crippen molar-refractivity contribution < 1.29 is 0 Å². The van der Waals surface area contributed by atoms with E-state index in [9.17, 15) is 0 Å². The molecule has 1 aliphatic carbocycles. The van der Waals surface area contributed by atoms with E-state index in [0.717, 1.165) is 5.92 Å². The van der Waals surface area contributed by atoms with E-state index in [1.807, 2.05) is 0 Å². The van der Waals surface area contributed by atoms with E-state index < -0.39 is 0 Å². The summed E-state index contributed by atoms with van der Waals surface area (Å²) in [5.74, 6) is 0.918. The first-order valence-electron chi connectivity index (χ1n) is 6.98. The molecule has 1 heteroatoms. The molecule has 1 aliphatic rings. The highest BCUT2D eigenvalue weighted by atomic mass is 14.9. The van der Waals surface area contributed by atoms with E-state index in [0.29, 0.717) is 6.04 Å². The van der Waals surface area contributed by atoms with Crippen LogP contribution in [0.15, 0.2) is 18.2 Å². The number of benzene rings is 1. The monoisotopic (exact) mass is 231 g/mol. The molecule has 1 N–H and O–H groups in total. The molecule has 1 saturated carbocycles. The van der Waals surface area contributed by atoms with Gasteiger partial charge in [0.15, 0.2) is 0 Å². The molecule has 2 rings (SSSR count). The van der Waals surface area contributed by atoms with Crippen molar-refractivity contribution in [3.05, 3.63) is 29.3 Å². The summed E-state index contributed by atoms with van der Waals surface area (Å²) >= 11 is 0. The predicted octanol–water partition coefficient (Wildman–Crippen LogP) is 4.68. The molecule has 1 fully saturated rings. The summed E-state index contributed by atoms with van der Waals surface area (Å²) in [6, 6.07) is 7.45. The number of rotatable bonds is 2. The van der Waals surface area contributed by atoms with Gasteiger partial charge >= 0.3 is 0 Å². The Morgan fingerprint density at radius 2 is 1.65 bits per heavy atom. The maximum absolute atomic E-state index is 3.72. The molecule has 17 heavy (non-hydrogen) atoms. The van der Waals surface area contributed by atoms with Gasteiger partial charge in [0.2, 0.25) is 0 Å². The van der Waals surface area contributed by atoms with Gasteiger partial charge in [-0.15, -0.1) is 0 Å². The molecule has 0 aromatic heterocycles. The molecular formula is C16H25N. The molecule has 1 nitrogen and oxygen atoms in total. The van der Waals surface area contributed by atoms with Crippen LogP contribution in [0.2, 0.25) is 0 Å². The van der Waals surface area contributed by atoms with Gasteiger partial charge in [-0.3, -0.25) is 0 Å². The molecule has 0 bridgehead atoms. The first-order chi connectivity index (χ1) is 8.13.